The van der Waals surface area contributed by atoms with Gasteiger partial charge in [-0.25, -0.2) is 9.97 Å². The first kappa shape index (κ1) is 22.5. The van der Waals surface area contributed by atoms with Crippen LogP contribution in [-0.2, 0) is 6.42 Å². The lowest BCUT2D eigenvalue weighted by Gasteiger charge is -2.27. The highest BCUT2D eigenvalue weighted by Gasteiger charge is 2.23. The van der Waals surface area contributed by atoms with E-state index in [0.29, 0.717) is 24.0 Å². The molecule has 2 aliphatic rings. The first-order valence-electron chi connectivity index (χ1n) is 11.8. The molecule has 0 spiro atoms. The summed E-state index contributed by atoms with van der Waals surface area (Å²) in [6.07, 6.45) is 6.03. The minimum Gasteiger partial charge on any atom is -0.393 e. The van der Waals surface area contributed by atoms with Crippen molar-refractivity contribution in [1.82, 2.24) is 15.3 Å². The normalized spacial score (nSPS) is 21.8. The summed E-state index contributed by atoms with van der Waals surface area (Å²) in [6, 6.07) is 8.56. The zero-order valence-electron chi connectivity index (χ0n) is 18.7. The van der Waals surface area contributed by atoms with Crippen molar-refractivity contribution in [3.05, 3.63) is 41.2 Å². The van der Waals surface area contributed by atoms with Crippen LogP contribution in [0.2, 0.25) is 0 Å². The molecule has 8 heteroatoms. The number of carbonyl (C=O) groups excluding carboxylic acids is 1. The van der Waals surface area contributed by atoms with Crippen molar-refractivity contribution in [3.63, 3.8) is 0 Å². The third-order valence-corrected chi connectivity index (χ3v) is 6.56. The monoisotopic (exact) mass is 438 g/mol. The number of benzene rings is 1. The molecule has 0 unspecified atom stereocenters. The lowest BCUT2D eigenvalue weighted by molar-refractivity contribution is 0.0996. The molecule has 2 aromatic rings. The summed E-state index contributed by atoms with van der Waals surface area (Å²) in [7, 11) is 0. The number of nitrogens with two attached hydrogens (primary N) is 1. The third-order valence-electron chi connectivity index (χ3n) is 6.56. The second-order valence-electron chi connectivity index (χ2n) is 8.85. The van der Waals surface area contributed by atoms with Crippen LogP contribution < -0.4 is 21.7 Å². The zero-order valence-corrected chi connectivity index (χ0v) is 18.7. The van der Waals surface area contributed by atoms with Crippen molar-refractivity contribution in [2.75, 3.05) is 23.7 Å². The summed E-state index contributed by atoms with van der Waals surface area (Å²) in [4.78, 5) is 21.4. The minimum atomic E-state index is -0.603. The van der Waals surface area contributed by atoms with Crippen molar-refractivity contribution < 1.29 is 9.90 Å². The number of hydrogen-bond acceptors (Lipinski definition) is 7. The Morgan fingerprint density at radius 3 is 2.38 bits per heavy atom. The average molecular weight is 439 g/mol. The van der Waals surface area contributed by atoms with Gasteiger partial charge in [-0.1, -0.05) is 19.1 Å². The van der Waals surface area contributed by atoms with E-state index in [1.807, 2.05) is 19.1 Å². The highest BCUT2D eigenvalue weighted by atomic mass is 16.3. The van der Waals surface area contributed by atoms with E-state index >= 15 is 0 Å². The van der Waals surface area contributed by atoms with Gasteiger partial charge in [0.15, 0.2) is 11.5 Å². The number of aryl methyl sites for hydroxylation is 1. The van der Waals surface area contributed by atoms with Crippen molar-refractivity contribution in [2.24, 2.45) is 5.73 Å². The van der Waals surface area contributed by atoms with Gasteiger partial charge in [-0.2, -0.15) is 0 Å². The Bertz CT molecular complexity index is 919. The molecule has 1 aliphatic heterocycles. The van der Waals surface area contributed by atoms with Crippen LogP contribution in [0.1, 0.15) is 73.1 Å². The van der Waals surface area contributed by atoms with Gasteiger partial charge in [-0.15, -0.1) is 0 Å². The van der Waals surface area contributed by atoms with Crippen LogP contribution in [0, 0.1) is 0 Å². The van der Waals surface area contributed by atoms with E-state index < -0.39 is 5.91 Å². The van der Waals surface area contributed by atoms with E-state index in [2.05, 4.69) is 33.1 Å². The SMILES string of the molecule is CCc1nc(C(N)=O)c(Nc2ccc(C3CCNCC3)cc2)nc1NC1CCC(O)CC1. The third kappa shape index (κ3) is 5.37. The molecular weight excluding hydrogens is 404 g/mol. The second kappa shape index (κ2) is 10.3. The molecule has 32 heavy (non-hydrogen) atoms. The Kier molecular flexibility index (Phi) is 7.22. The predicted octanol–water partition coefficient (Wildman–Crippen LogP) is 3.06. The Balaban J connectivity index is 1.55. The van der Waals surface area contributed by atoms with Crippen molar-refractivity contribution in [1.29, 1.82) is 0 Å². The highest BCUT2D eigenvalue weighted by Crippen LogP contribution is 2.29. The minimum absolute atomic E-state index is 0.147. The summed E-state index contributed by atoms with van der Waals surface area (Å²) >= 11 is 0. The van der Waals surface area contributed by atoms with Crippen LogP contribution in [0.3, 0.4) is 0 Å². The molecule has 0 bridgehead atoms. The number of nitrogens with one attached hydrogen (secondary N) is 3. The fraction of sp³-hybridized carbons (Fsp3) is 0.542. The number of amides is 1. The van der Waals surface area contributed by atoms with Crippen molar-refractivity contribution in [2.45, 2.75) is 69.9 Å². The Hall–Kier alpha value is -2.71. The van der Waals surface area contributed by atoms with E-state index in [4.69, 9.17) is 10.7 Å². The molecule has 4 rings (SSSR count). The summed E-state index contributed by atoms with van der Waals surface area (Å²) in [5.74, 6) is 1.02. The smallest absolute Gasteiger partial charge is 0.271 e. The van der Waals surface area contributed by atoms with E-state index in [1.165, 1.54) is 5.56 Å². The van der Waals surface area contributed by atoms with E-state index in [1.54, 1.807) is 0 Å². The highest BCUT2D eigenvalue weighted by molar-refractivity contribution is 5.96. The zero-order chi connectivity index (χ0) is 22.5. The van der Waals surface area contributed by atoms with Crippen molar-refractivity contribution >= 4 is 23.2 Å². The van der Waals surface area contributed by atoms with Gasteiger partial charge in [0, 0.05) is 11.7 Å². The Labute approximate surface area is 189 Å². The van der Waals surface area contributed by atoms with Gasteiger partial charge in [0.1, 0.15) is 5.82 Å². The number of hydrogen-bond donors (Lipinski definition) is 5. The summed E-state index contributed by atoms with van der Waals surface area (Å²) in [5, 5.41) is 19.9. The van der Waals surface area contributed by atoms with Gasteiger partial charge in [0.05, 0.1) is 11.8 Å². The van der Waals surface area contributed by atoms with Gasteiger partial charge in [-0.3, -0.25) is 4.79 Å². The van der Waals surface area contributed by atoms with Crippen LogP contribution in [-0.4, -0.2) is 46.2 Å². The van der Waals surface area contributed by atoms with Crippen LogP contribution in [0.15, 0.2) is 24.3 Å². The van der Waals surface area contributed by atoms with Crippen molar-refractivity contribution in [3.8, 4) is 0 Å². The first-order valence-corrected chi connectivity index (χ1v) is 11.8. The molecule has 1 saturated heterocycles. The number of rotatable bonds is 7. The molecule has 1 aromatic carbocycles. The number of carbonyl (C=O) groups is 1. The molecule has 1 saturated carbocycles. The largest absolute Gasteiger partial charge is 0.393 e. The number of primary amides is 1. The molecule has 6 N–H and O–H groups in total. The molecule has 8 nitrogen and oxygen atoms in total. The summed E-state index contributed by atoms with van der Waals surface area (Å²) < 4.78 is 0. The molecule has 1 aliphatic carbocycles. The maximum Gasteiger partial charge on any atom is 0.271 e. The summed E-state index contributed by atoms with van der Waals surface area (Å²) in [6.45, 7) is 4.10. The Morgan fingerprint density at radius 2 is 1.75 bits per heavy atom. The quantitative estimate of drug-likeness (QED) is 0.450. The number of aromatic nitrogens is 2. The average Bonchev–Trinajstić information content (AvgIpc) is 2.81. The van der Waals surface area contributed by atoms with E-state index in [0.717, 1.165) is 63.0 Å². The molecule has 0 radical (unpaired) electrons. The molecule has 1 aromatic heterocycles. The predicted molar refractivity (Wildman–Crippen MR) is 126 cm³/mol. The molecule has 2 fully saturated rings. The van der Waals surface area contributed by atoms with Crippen LogP contribution in [0.5, 0.6) is 0 Å². The fourth-order valence-corrected chi connectivity index (χ4v) is 4.64. The van der Waals surface area contributed by atoms with Crippen LogP contribution in [0.4, 0.5) is 17.3 Å². The number of anilines is 3. The summed E-state index contributed by atoms with van der Waals surface area (Å²) in [5.41, 5.74) is 8.67. The fourth-order valence-electron chi connectivity index (χ4n) is 4.64. The first-order chi connectivity index (χ1) is 15.5. The van der Waals surface area contributed by atoms with E-state index in [9.17, 15) is 9.90 Å². The molecule has 0 atom stereocenters. The lowest BCUT2D eigenvalue weighted by Crippen LogP contribution is -2.29. The van der Waals surface area contributed by atoms with E-state index in [-0.39, 0.29) is 17.8 Å². The standard InChI is InChI=1S/C24H34N6O2/c1-2-20-23(27-18-7-9-19(31)10-8-18)30-24(21(29-20)22(25)32)28-17-5-3-15(4-6-17)16-11-13-26-14-12-16/h3-6,16,18-19,26,31H,2,7-14H2,1H3,(H2,25,32)(H2,27,28,30). The van der Waals surface area contributed by atoms with Gasteiger partial charge in [0.2, 0.25) is 0 Å². The van der Waals surface area contributed by atoms with Crippen LogP contribution >= 0.6 is 0 Å². The maximum atomic E-state index is 12.1. The van der Waals surface area contributed by atoms with Gasteiger partial charge in [-0.05, 0) is 81.6 Å². The Morgan fingerprint density at radius 1 is 1.06 bits per heavy atom. The number of nitrogens with zero attached hydrogens (tertiary/aromatic N) is 2. The van der Waals surface area contributed by atoms with Gasteiger partial charge in [0.25, 0.3) is 5.91 Å². The number of aliphatic hydroxyl groups is 1. The molecular formula is C24H34N6O2. The van der Waals surface area contributed by atoms with Gasteiger partial charge >= 0.3 is 0 Å². The molecule has 1 amide bonds. The topological polar surface area (TPSA) is 125 Å². The molecule has 2 heterocycles. The number of piperidine rings is 1. The van der Waals surface area contributed by atoms with Gasteiger partial charge < -0.3 is 26.8 Å². The lowest BCUT2D eigenvalue weighted by atomic mass is 9.90. The second-order valence-corrected chi connectivity index (χ2v) is 8.85. The number of aliphatic hydroxyl groups excluding tert-OH is 1. The molecule has 172 valence electrons. The van der Waals surface area contributed by atoms with Crippen LogP contribution in [0.25, 0.3) is 0 Å². The maximum absolute atomic E-state index is 12.1.